The average molecular weight is 681 g/mol. The predicted molar refractivity (Wildman–Crippen MR) is 219 cm³/mol. The lowest BCUT2D eigenvalue weighted by atomic mass is 9.91. The molecular weight excluding hydrogens is 649 g/mol. The molecule has 1 aliphatic rings. The van der Waals surface area contributed by atoms with E-state index in [1.54, 1.807) is 0 Å². The van der Waals surface area contributed by atoms with Crippen molar-refractivity contribution in [3.05, 3.63) is 175 Å². The minimum atomic E-state index is 0.116. The second kappa shape index (κ2) is 11.6. The van der Waals surface area contributed by atoms with Crippen LogP contribution in [-0.2, 0) is 0 Å². The highest BCUT2D eigenvalue weighted by molar-refractivity contribution is 6.15. The maximum atomic E-state index is 6.36. The molecule has 0 bridgehead atoms. The Balaban J connectivity index is 1.16. The molecule has 0 saturated carbocycles. The Morgan fingerprint density at radius 1 is 0.528 bits per heavy atom. The summed E-state index contributed by atoms with van der Waals surface area (Å²) in [6, 6.07) is 55.7. The van der Waals surface area contributed by atoms with Crippen molar-refractivity contribution in [1.29, 1.82) is 0 Å². The van der Waals surface area contributed by atoms with Crippen molar-refractivity contribution in [2.45, 2.75) is 6.04 Å². The quantitative estimate of drug-likeness (QED) is 0.186. The van der Waals surface area contributed by atoms with Crippen molar-refractivity contribution in [2.75, 3.05) is 11.9 Å². The van der Waals surface area contributed by atoms with Gasteiger partial charge >= 0.3 is 0 Å². The fraction of sp³-hybridized carbons (Fsp3) is 0.0408. The fourth-order valence-electron chi connectivity index (χ4n) is 8.42. The second-order valence-corrected chi connectivity index (χ2v) is 14.0. The lowest BCUT2D eigenvalue weighted by molar-refractivity contribution is 0.668. The van der Waals surface area contributed by atoms with Crippen LogP contribution < -0.4 is 4.90 Å². The molecule has 1 aliphatic heterocycles. The minimum Gasteiger partial charge on any atom is -0.456 e. The molecule has 1 unspecified atom stereocenters. The van der Waals surface area contributed by atoms with E-state index >= 15 is 0 Å². The SMILES string of the molecule is CN1c2c(ccc3ccc(-c4cc(-c5cccc6oc7ccccc7c56)cc(-c5cccc6oc7ccccc7c56)c4)nc23)C=CC1c1ccccc1. The van der Waals surface area contributed by atoms with Crippen LogP contribution in [0.2, 0.25) is 0 Å². The van der Waals surface area contributed by atoms with Crippen LogP contribution in [0.5, 0.6) is 0 Å². The Morgan fingerprint density at radius 3 is 1.75 bits per heavy atom. The molecule has 10 aromatic rings. The number of anilines is 1. The molecule has 0 spiro atoms. The van der Waals surface area contributed by atoms with E-state index in [9.17, 15) is 0 Å². The topological polar surface area (TPSA) is 42.4 Å². The van der Waals surface area contributed by atoms with E-state index < -0.39 is 0 Å². The van der Waals surface area contributed by atoms with Gasteiger partial charge in [-0.25, -0.2) is 4.98 Å². The van der Waals surface area contributed by atoms with Gasteiger partial charge in [0.1, 0.15) is 22.3 Å². The Kier molecular flexibility index (Phi) is 6.49. The van der Waals surface area contributed by atoms with Crippen LogP contribution in [0.3, 0.4) is 0 Å². The molecule has 7 aromatic carbocycles. The largest absolute Gasteiger partial charge is 0.456 e. The Labute approximate surface area is 305 Å². The molecular formula is C49H32N2O2. The number of aromatic nitrogens is 1. The van der Waals surface area contributed by atoms with Crippen LogP contribution in [0, 0.1) is 0 Å². The van der Waals surface area contributed by atoms with Gasteiger partial charge in [-0.05, 0) is 81.9 Å². The molecule has 53 heavy (non-hydrogen) atoms. The van der Waals surface area contributed by atoms with Crippen LogP contribution in [0.25, 0.3) is 94.4 Å². The molecule has 11 rings (SSSR count). The van der Waals surface area contributed by atoms with Crippen molar-refractivity contribution in [1.82, 2.24) is 4.98 Å². The zero-order chi connectivity index (χ0) is 35.0. The monoisotopic (exact) mass is 680 g/mol. The molecule has 0 saturated heterocycles. The highest BCUT2D eigenvalue weighted by atomic mass is 16.3. The number of rotatable bonds is 4. The van der Waals surface area contributed by atoms with Crippen LogP contribution in [0.4, 0.5) is 5.69 Å². The van der Waals surface area contributed by atoms with Crippen LogP contribution >= 0.6 is 0 Å². The van der Waals surface area contributed by atoms with E-state index in [1.807, 2.05) is 24.3 Å². The van der Waals surface area contributed by atoms with E-state index in [0.717, 1.165) is 94.0 Å². The summed E-state index contributed by atoms with van der Waals surface area (Å²) < 4.78 is 12.7. The first-order valence-corrected chi connectivity index (χ1v) is 18.0. The molecule has 4 heterocycles. The van der Waals surface area contributed by atoms with Crippen LogP contribution in [-0.4, -0.2) is 12.0 Å². The number of pyridine rings is 1. The molecule has 250 valence electrons. The molecule has 4 heteroatoms. The van der Waals surface area contributed by atoms with Gasteiger partial charge in [0.25, 0.3) is 0 Å². The molecule has 1 atom stereocenters. The van der Waals surface area contributed by atoms with Gasteiger partial charge in [0.05, 0.1) is 22.9 Å². The lowest BCUT2D eigenvalue weighted by Crippen LogP contribution is -2.25. The van der Waals surface area contributed by atoms with Crippen molar-refractivity contribution < 1.29 is 8.83 Å². The van der Waals surface area contributed by atoms with E-state index in [0.29, 0.717) is 0 Å². The number of likely N-dealkylation sites (N-methyl/N-ethyl adjacent to an activating group) is 1. The fourth-order valence-corrected chi connectivity index (χ4v) is 8.42. The van der Waals surface area contributed by atoms with Gasteiger partial charge in [-0.3, -0.25) is 0 Å². The Hall–Kier alpha value is -6.91. The lowest BCUT2D eigenvalue weighted by Gasteiger charge is -2.33. The van der Waals surface area contributed by atoms with Crippen molar-refractivity contribution in [3.8, 4) is 33.5 Å². The first-order valence-electron chi connectivity index (χ1n) is 18.0. The molecule has 4 nitrogen and oxygen atoms in total. The molecule has 0 radical (unpaired) electrons. The number of hydrogen-bond donors (Lipinski definition) is 0. The predicted octanol–water partition coefficient (Wildman–Crippen LogP) is 13.2. The smallest absolute Gasteiger partial charge is 0.136 e. The van der Waals surface area contributed by atoms with Gasteiger partial charge in [0.15, 0.2) is 0 Å². The maximum Gasteiger partial charge on any atom is 0.136 e. The number of para-hydroxylation sites is 2. The number of nitrogens with zero attached hydrogens (tertiary/aromatic N) is 2. The zero-order valence-electron chi connectivity index (χ0n) is 29.0. The van der Waals surface area contributed by atoms with Gasteiger partial charge < -0.3 is 13.7 Å². The standard InChI is InChI=1S/C49H32N2O2/c1-51-41(30-11-3-2-4-12-30)26-24-32-22-21-31-23-25-40(50-48(31)49(32)51)35-28-33(36-15-9-19-44-46(36)38-13-5-7-17-42(38)52-44)27-34(29-35)37-16-10-20-45-47(37)39-14-6-8-18-43(39)53-45/h2-29,41H,1H3. The summed E-state index contributed by atoms with van der Waals surface area (Å²) in [5.74, 6) is 0. The third kappa shape index (κ3) is 4.66. The van der Waals surface area contributed by atoms with Crippen LogP contribution in [0.1, 0.15) is 17.2 Å². The summed E-state index contributed by atoms with van der Waals surface area (Å²) >= 11 is 0. The van der Waals surface area contributed by atoms with Gasteiger partial charge in [0, 0.05) is 39.5 Å². The van der Waals surface area contributed by atoms with Crippen molar-refractivity contribution in [3.63, 3.8) is 0 Å². The highest BCUT2D eigenvalue weighted by Gasteiger charge is 2.24. The molecule has 3 aromatic heterocycles. The average Bonchev–Trinajstić information content (AvgIpc) is 3.79. The molecule has 0 fully saturated rings. The van der Waals surface area contributed by atoms with Gasteiger partial charge in [-0.1, -0.05) is 121 Å². The first kappa shape index (κ1) is 29.8. The molecule has 0 N–H and O–H groups in total. The number of fused-ring (bicyclic) bond motifs is 9. The Morgan fingerprint density at radius 2 is 1.09 bits per heavy atom. The van der Waals surface area contributed by atoms with Gasteiger partial charge in [-0.2, -0.15) is 0 Å². The Bertz CT molecular complexity index is 2960. The van der Waals surface area contributed by atoms with E-state index in [-0.39, 0.29) is 6.04 Å². The number of furan rings is 2. The summed E-state index contributed by atoms with van der Waals surface area (Å²) in [5, 5.41) is 5.54. The van der Waals surface area contributed by atoms with Gasteiger partial charge in [0.2, 0.25) is 0 Å². The van der Waals surface area contributed by atoms with E-state index in [1.165, 1.54) is 11.1 Å². The summed E-state index contributed by atoms with van der Waals surface area (Å²) in [5.41, 5.74) is 14.5. The summed E-state index contributed by atoms with van der Waals surface area (Å²) in [6.45, 7) is 0. The van der Waals surface area contributed by atoms with E-state index in [4.69, 9.17) is 13.8 Å². The van der Waals surface area contributed by atoms with Crippen molar-refractivity contribution >= 4 is 66.5 Å². The van der Waals surface area contributed by atoms with Crippen LogP contribution in [0.15, 0.2) is 173 Å². The van der Waals surface area contributed by atoms with Gasteiger partial charge in [-0.15, -0.1) is 0 Å². The summed E-state index contributed by atoms with van der Waals surface area (Å²) in [7, 11) is 2.18. The normalized spacial score (nSPS) is 14.2. The minimum absolute atomic E-state index is 0.116. The van der Waals surface area contributed by atoms with E-state index in [2.05, 4.69) is 158 Å². The maximum absolute atomic E-state index is 6.36. The number of benzene rings is 7. The number of hydrogen-bond acceptors (Lipinski definition) is 4. The summed E-state index contributed by atoms with van der Waals surface area (Å²) in [6.07, 6.45) is 4.52. The molecule has 0 aliphatic carbocycles. The second-order valence-electron chi connectivity index (χ2n) is 14.0. The third-order valence-electron chi connectivity index (χ3n) is 10.9. The zero-order valence-corrected chi connectivity index (χ0v) is 29.0. The summed E-state index contributed by atoms with van der Waals surface area (Å²) in [4.78, 5) is 7.86. The highest BCUT2D eigenvalue weighted by Crippen LogP contribution is 2.44. The van der Waals surface area contributed by atoms with Crippen molar-refractivity contribution in [2.24, 2.45) is 0 Å². The third-order valence-corrected chi connectivity index (χ3v) is 10.9. The molecule has 0 amide bonds. The first-order chi connectivity index (χ1) is 26.2.